The fraction of sp³-hybridized carbons (Fsp3) is 0.304. The summed E-state index contributed by atoms with van der Waals surface area (Å²) in [5.41, 5.74) is 1.18. The predicted molar refractivity (Wildman–Crippen MR) is 116 cm³/mol. The number of nitrogens with zero attached hydrogens (tertiary/aromatic N) is 1. The van der Waals surface area contributed by atoms with Crippen LogP contribution in [0.25, 0.3) is 11.0 Å². The lowest BCUT2D eigenvalue weighted by Gasteiger charge is -2.34. The van der Waals surface area contributed by atoms with Gasteiger partial charge < -0.3 is 14.5 Å². The Kier molecular flexibility index (Phi) is 5.68. The Morgan fingerprint density at radius 3 is 2.70 bits per heavy atom. The lowest BCUT2D eigenvalue weighted by atomic mass is 10.1. The van der Waals surface area contributed by atoms with E-state index in [1.807, 2.05) is 26.0 Å². The Bertz CT molecular complexity index is 1090. The molecule has 3 aromatic rings. The van der Waals surface area contributed by atoms with Crippen LogP contribution in [0.2, 0.25) is 5.02 Å². The minimum absolute atomic E-state index is 0.0718. The second kappa shape index (κ2) is 8.40. The number of amides is 2. The highest BCUT2D eigenvalue weighted by molar-refractivity contribution is 6.31. The number of anilines is 1. The number of benzene rings is 2. The molecule has 156 valence electrons. The van der Waals surface area contributed by atoms with Crippen LogP contribution in [0.5, 0.6) is 5.75 Å². The van der Waals surface area contributed by atoms with Crippen LogP contribution in [0.15, 0.2) is 52.9 Å². The molecular weight excluding hydrogens is 404 g/mol. The fourth-order valence-corrected chi connectivity index (χ4v) is 3.78. The number of carbonyl (C=O) groups is 2. The molecule has 1 atom stereocenters. The number of rotatable bonds is 5. The normalized spacial score (nSPS) is 15.7. The molecule has 2 amide bonds. The van der Waals surface area contributed by atoms with E-state index in [2.05, 4.69) is 5.32 Å². The van der Waals surface area contributed by atoms with Gasteiger partial charge in [0.05, 0.1) is 12.2 Å². The smallest absolute Gasteiger partial charge is 0.294 e. The third-order valence-electron chi connectivity index (χ3n) is 5.33. The largest absolute Gasteiger partial charge is 0.477 e. The van der Waals surface area contributed by atoms with E-state index in [9.17, 15) is 9.59 Å². The van der Waals surface area contributed by atoms with Crippen LogP contribution in [0.1, 0.15) is 37.2 Å². The number of fused-ring (bicyclic) bond motifs is 2. The summed E-state index contributed by atoms with van der Waals surface area (Å²) in [6, 6.07) is 14.1. The molecule has 1 N–H and O–H groups in total. The van der Waals surface area contributed by atoms with Gasteiger partial charge in [-0.25, -0.2) is 0 Å². The Morgan fingerprint density at radius 1 is 1.17 bits per heavy atom. The number of carbonyl (C=O) groups excluding carboxylic acids is 2. The molecule has 4 rings (SSSR count). The molecule has 0 saturated carbocycles. The zero-order valence-corrected chi connectivity index (χ0v) is 17.6. The number of nitrogens with one attached hydrogen (secondary N) is 1. The van der Waals surface area contributed by atoms with Gasteiger partial charge in [-0.1, -0.05) is 37.6 Å². The van der Waals surface area contributed by atoms with Crippen LogP contribution in [-0.4, -0.2) is 30.5 Å². The van der Waals surface area contributed by atoms with Crippen molar-refractivity contribution in [1.29, 1.82) is 0 Å². The summed E-state index contributed by atoms with van der Waals surface area (Å²) in [6.07, 6.45) is 0.856. The van der Waals surface area contributed by atoms with Crippen molar-refractivity contribution in [3.05, 3.63) is 59.3 Å². The Hall–Kier alpha value is -2.99. The molecule has 0 radical (unpaired) electrons. The van der Waals surface area contributed by atoms with Crippen LogP contribution in [-0.2, 0) is 4.79 Å². The molecule has 0 spiro atoms. The zero-order valence-electron chi connectivity index (χ0n) is 16.9. The maximum Gasteiger partial charge on any atom is 0.294 e. The molecule has 1 aromatic heterocycles. The highest BCUT2D eigenvalue weighted by Crippen LogP contribution is 2.35. The van der Waals surface area contributed by atoms with Crippen molar-refractivity contribution in [3.63, 3.8) is 0 Å². The van der Waals surface area contributed by atoms with Gasteiger partial charge in [-0.05, 0) is 49.2 Å². The predicted octanol–water partition coefficient (Wildman–Crippen LogP) is 4.80. The van der Waals surface area contributed by atoms with Crippen LogP contribution in [0.4, 0.5) is 5.69 Å². The number of halogens is 1. The van der Waals surface area contributed by atoms with Crippen molar-refractivity contribution < 1.29 is 18.7 Å². The molecule has 1 aliphatic rings. The van der Waals surface area contributed by atoms with Crippen LogP contribution in [0, 0.1) is 0 Å². The minimum Gasteiger partial charge on any atom is -0.477 e. The van der Waals surface area contributed by atoms with Gasteiger partial charge in [0.15, 0.2) is 11.9 Å². The quantitative estimate of drug-likeness (QED) is 0.636. The molecule has 2 heterocycles. The monoisotopic (exact) mass is 426 g/mol. The zero-order chi connectivity index (χ0) is 21.3. The van der Waals surface area contributed by atoms with Gasteiger partial charge in [0.25, 0.3) is 11.8 Å². The van der Waals surface area contributed by atoms with E-state index in [0.717, 1.165) is 18.2 Å². The van der Waals surface area contributed by atoms with E-state index in [0.29, 0.717) is 22.0 Å². The first-order chi connectivity index (χ1) is 14.5. The maximum atomic E-state index is 13.3. The molecular formula is C23H23ClN2O4. The van der Waals surface area contributed by atoms with Gasteiger partial charge in [0.2, 0.25) is 0 Å². The highest BCUT2D eigenvalue weighted by Gasteiger charge is 2.35. The highest BCUT2D eigenvalue weighted by atomic mass is 35.5. The Morgan fingerprint density at radius 2 is 1.93 bits per heavy atom. The first-order valence-corrected chi connectivity index (χ1v) is 10.4. The van der Waals surface area contributed by atoms with Gasteiger partial charge in [0, 0.05) is 16.5 Å². The number of hydrogen-bond acceptors (Lipinski definition) is 4. The van der Waals surface area contributed by atoms with E-state index in [1.54, 1.807) is 36.4 Å². The van der Waals surface area contributed by atoms with Gasteiger partial charge in [-0.15, -0.1) is 0 Å². The molecule has 30 heavy (non-hydrogen) atoms. The standard InChI is InChI=1S/C23H23ClN2O4/c1-3-16(4-2)25-22(27)21-13-26(17-7-5-6-8-19(17)30-21)23(28)20-12-14-11-15(24)9-10-18(14)29-20/h5-12,16,21H,3-4,13H2,1-2H3,(H,25,27). The van der Waals surface area contributed by atoms with Gasteiger partial charge >= 0.3 is 0 Å². The number of para-hydroxylation sites is 2. The molecule has 6 nitrogen and oxygen atoms in total. The van der Waals surface area contributed by atoms with Crippen molar-refractivity contribution in [2.45, 2.75) is 38.8 Å². The van der Waals surface area contributed by atoms with Gasteiger partial charge in [0.1, 0.15) is 11.3 Å². The van der Waals surface area contributed by atoms with Crippen molar-refractivity contribution >= 4 is 40.1 Å². The number of ether oxygens (including phenoxy) is 1. The molecule has 7 heteroatoms. The van der Waals surface area contributed by atoms with Crippen molar-refractivity contribution in [2.75, 3.05) is 11.4 Å². The molecule has 1 aliphatic heterocycles. The Balaban J connectivity index is 1.64. The summed E-state index contributed by atoms with van der Waals surface area (Å²) in [7, 11) is 0. The third kappa shape index (κ3) is 3.87. The van der Waals surface area contributed by atoms with Crippen molar-refractivity contribution in [2.24, 2.45) is 0 Å². The number of furan rings is 1. The summed E-state index contributed by atoms with van der Waals surface area (Å²) in [6.45, 7) is 4.14. The molecule has 1 unspecified atom stereocenters. The molecule has 0 bridgehead atoms. The van der Waals surface area contributed by atoms with Crippen molar-refractivity contribution in [3.8, 4) is 5.75 Å². The lowest BCUT2D eigenvalue weighted by Crippen LogP contribution is -2.52. The molecule has 0 aliphatic carbocycles. The summed E-state index contributed by atoms with van der Waals surface area (Å²) in [5, 5.41) is 4.32. The van der Waals surface area contributed by atoms with E-state index in [1.165, 1.54) is 4.90 Å². The fourth-order valence-electron chi connectivity index (χ4n) is 3.60. The molecule has 0 saturated heterocycles. The summed E-state index contributed by atoms with van der Waals surface area (Å²) in [5.74, 6) is 0.106. The van der Waals surface area contributed by atoms with E-state index in [4.69, 9.17) is 20.8 Å². The van der Waals surface area contributed by atoms with Crippen LogP contribution < -0.4 is 15.0 Å². The average Bonchev–Trinajstić information content (AvgIpc) is 3.19. The Labute approximate surface area is 179 Å². The second-order valence-corrected chi connectivity index (χ2v) is 7.74. The van der Waals surface area contributed by atoms with E-state index < -0.39 is 6.10 Å². The van der Waals surface area contributed by atoms with Gasteiger partial charge in [-0.2, -0.15) is 0 Å². The van der Waals surface area contributed by atoms with Gasteiger partial charge in [-0.3, -0.25) is 14.5 Å². The molecule has 0 fully saturated rings. The SMILES string of the molecule is CCC(CC)NC(=O)C1CN(C(=O)c2cc3cc(Cl)ccc3o2)c2ccccc2O1. The topological polar surface area (TPSA) is 71.8 Å². The van der Waals surface area contributed by atoms with Crippen LogP contribution >= 0.6 is 11.6 Å². The number of hydrogen-bond donors (Lipinski definition) is 1. The summed E-state index contributed by atoms with van der Waals surface area (Å²) in [4.78, 5) is 27.7. The average molecular weight is 427 g/mol. The first-order valence-electron chi connectivity index (χ1n) is 10.1. The lowest BCUT2D eigenvalue weighted by molar-refractivity contribution is -0.128. The minimum atomic E-state index is -0.803. The van der Waals surface area contributed by atoms with Crippen LogP contribution in [0.3, 0.4) is 0 Å². The first kappa shape index (κ1) is 20.3. The van der Waals surface area contributed by atoms with Crippen molar-refractivity contribution in [1.82, 2.24) is 5.32 Å². The molecule has 2 aromatic carbocycles. The van der Waals surface area contributed by atoms with E-state index >= 15 is 0 Å². The summed E-state index contributed by atoms with van der Waals surface area (Å²) >= 11 is 6.04. The summed E-state index contributed by atoms with van der Waals surface area (Å²) < 4.78 is 11.7. The van der Waals surface area contributed by atoms with E-state index in [-0.39, 0.29) is 30.2 Å². The maximum absolute atomic E-state index is 13.3. The third-order valence-corrected chi connectivity index (χ3v) is 5.57. The second-order valence-electron chi connectivity index (χ2n) is 7.30.